The lowest BCUT2D eigenvalue weighted by molar-refractivity contribution is -0.115. The minimum absolute atomic E-state index is 0.0151. The maximum absolute atomic E-state index is 13.1. The number of benzene rings is 2. The molecular weight excluding hydrogens is 408 g/mol. The standard InChI is InChI=1S/C21H24N2O6S/c1-15(24)17-5-3-4-6-18(17)22-21(25)14-16-7-8-19(28-2)20(13-16)30(26,27)23-9-11-29-12-10-23/h3-8,13H,9-12,14H2,1-2H3,(H,22,25). The van der Waals surface area contributed by atoms with Gasteiger partial charge in [0.1, 0.15) is 10.6 Å². The molecule has 0 saturated carbocycles. The molecule has 0 unspecified atom stereocenters. The van der Waals surface area contributed by atoms with Gasteiger partial charge in [0.05, 0.1) is 32.4 Å². The molecule has 8 nitrogen and oxygen atoms in total. The second-order valence-electron chi connectivity index (χ2n) is 6.83. The second-order valence-corrected chi connectivity index (χ2v) is 8.73. The molecule has 1 heterocycles. The van der Waals surface area contributed by atoms with E-state index >= 15 is 0 Å². The topological polar surface area (TPSA) is 102 Å². The Morgan fingerprint density at radius 2 is 1.83 bits per heavy atom. The van der Waals surface area contributed by atoms with Gasteiger partial charge in [0, 0.05) is 18.7 Å². The van der Waals surface area contributed by atoms with E-state index < -0.39 is 10.0 Å². The zero-order valence-corrected chi connectivity index (χ0v) is 17.7. The lowest BCUT2D eigenvalue weighted by Gasteiger charge is -2.26. The van der Waals surface area contributed by atoms with Gasteiger partial charge < -0.3 is 14.8 Å². The molecular formula is C21H24N2O6S. The highest BCUT2D eigenvalue weighted by Crippen LogP contribution is 2.29. The highest BCUT2D eigenvalue weighted by Gasteiger charge is 2.29. The predicted molar refractivity (Wildman–Crippen MR) is 111 cm³/mol. The number of rotatable bonds is 7. The van der Waals surface area contributed by atoms with Gasteiger partial charge >= 0.3 is 0 Å². The number of morpholine rings is 1. The van der Waals surface area contributed by atoms with Gasteiger partial charge in [-0.25, -0.2) is 8.42 Å². The molecule has 0 radical (unpaired) electrons. The van der Waals surface area contributed by atoms with Gasteiger partial charge in [-0.15, -0.1) is 0 Å². The number of hydrogen-bond acceptors (Lipinski definition) is 6. The molecule has 0 aromatic heterocycles. The van der Waals surface area contributed by atoms with Crippen molar-refractivity contribution in [1.29, 1.82) is 0 Å². The number of nitrogens with zero attached hydrogens (tertiary/aromatic N) is 1. The Balaban J connectivity index is 1.83. The minimum Gasteiger partial charge on any atom is -0.495 e. The Bertz CT molecular complexity index is 1050. The Hall–Kier alpha value is -2.75. The largest absolute Gasteiger partial charge is 0.495 e. The quantitative estimate of drug-likeness (QED) is 0.673. The number of hydrogen-bond donors (Lipinski definition) is 1. The number of ketones is 1. The fourth-order valence-electron chi connectivity index (χ4n) is 3.24. The van der Waals surface area contributed by atoms with Crippen LogP contribution in [-0.4, -0.2) is 57.8 Å². The molecule has 1 N–H and O–H groups in total. The summed E-state index contributed by atoms with van der Waals surface area (Å²) in [5, 5.41) is 2.72. The molecule has 160 valence electrons. The van der Waals surface area contributed by atoms with E-state index in [1.54, 1.807) is 36.4 Å². The van der Waals surface area contributed by atoms with Crippen LogP contribution in [0.25, 0.3) is 0 Å². The number of Topliss-reactive ketones (excluding diaryl/α,β-unsaturated/α-hetero) is 1. The predicted octanol–water partition coefficient (Wildman–Crippen LogP) is 2.10. The first kappa shape index (κ1) is 21.9. The van der Waals surface area contributed by atoms with E-state index in [2.05, 4.69) is 5.32 Å². The van der Waals surface area contributed by atoms with Crippen molar-refractivity contribution >= 4 is 27.4 Å². The molecule has 1 aliphatic rings. The third-order valence-electron chi connectivity index (χ3n) is 4.76. The summed E-state index contributed by atoms with van der Waals surface area (Å²) in [6.45, 7) is 2.62. The summed E-state index contributed by atoms with van der Waals surface area (Å²) in [4.78, 5) is 24.3. The Morgan fingerprint density at radius 1 is 1.13 bits per heavy atom. The van der Waals surface area contributed by atoms with Gasteiger partial charge in [0.25, 0.3) is 0 Å². The molecule has 1 saturated heterocycles. The SMILES string of the molecule is COc1ccc(CC(=O)Nc2ccccc2C(C)=O)cc1S(=O)(=O)N1CCOCC1. The van der Waals surface area contributed by atoms with Gasteiger partial charge in [0.15, 0.2) is 5.78 Å². The summed E-state index contributed by atoms with van der Waals surface area (Å²) in [5.74, 6) is -0.301. The third kappa shape index (κ3) is 4.86. The van der Waals surface area contributed by atoms with Gasteiger partial charge in [-0.05, 0) is 36.8 Å². The number of carbonyl (C=O) groups is 2. The number of amides is 1. The number of anilines is 1. The maximum atomic E-state index is 13.1. The van der Waals surface area contributed by atoms with Crippen LogP contribution >= 0.6 is 0 Å². The summed E-state index contributed by atoms with van der Waals surface area (Å²) in [5.41, 5.74) is 1.35. The molecule has 0 bridgehead atoms. The van der Waals surface area contributed by atoms with E-state index in [9.17, 15) is 18.0 Å². The fraction of sp³-hybridized carbons (Fsp3) is 0.333. The van der Waals surface area contributed by atoms with E-state index in [-0.39, 0.29) is 41.8 Å². The van der Waals surface area contributed by atoms with E-state index in [0.717, 1.165) is 0 Å². The van der Waals surface area contributed by atoms with Crippen LogP contribution in [0.4, 0.5) is 5.69 Å². The molecule has 3 rings (SSSR count). The van der Waals surface area contributed by atoms with Crippen molar-refractivity contribution in [3.63, 3.8) is 0 Å². The van der Waals surface area contributed by atoms with Crippen molar-refractivity contribution < 1.29 is 27.5 Å². The van der Waals surface area contributed by atoms with Crippen molar-refractivity contribution in [2.24, 2.45) is 0 Å². The maximum Gasteiger partial charge on any atom is 0.246 e. The normalized spacial score (nSPS) is 14.9. The molecule has 30 heavy (non-hydrogen) atoms. The fourth-order valence-corrected chi connectivity index (χ4v) is 4.85. The summed E-state index contributed by atoms with van der Waals surface area (Å²) < 4.78 is 38.0. The van der Waals surface area contributed by atoms with Crippen LogP contribution in [0.5, 0.6) is 5.75 Å². The molecule has 0 spiro atoms. The average molecular weight is 432 g/mol. The van der Waals surface area contributed by atoms with Crippen LogP contribution in [0.3, 0.4) is 0 Å². The lowest BCUT2D eigenvalue weighted by atomic mass is 10.1. The number of para-hydroxylation sites is 1. The first-order valence-corrected chi connectivity index (χ1v) is 10.9. The van der Waals surface area contributed by atoms with Crippen molar-refractivity contribution in [3.05, 3.63) is 53.6 Å². The molecule has 9 heteroatoms. The van der Waals surface area contributed by atoms with Crippen LogP contribution < -0.4 is 10.1 Å². The molecule has 0 aliphatic carbocycles. The highest BCUT2D eigenvalue weighted by molar-refractivity contribution is 7.89. The Kier molecular flexibility index (Phi) is 6.86. The molecule has 1 aliphatic heterocycles. The Labute approximate surface area is 175 Å². The summed E-state index contributed by atoms with van der Waals surface area (Å²) in [6.07, 6.45) is -0.0537. The van der Waals surface area contributed by atoms with Crippen LogP contribution in [0.2, 0.25) is 0 Å². The zero-order chi connectivity index (χ0) is 21.7. The minimum atomic E-state index is -3.79. The number of methoxy groups -OCH3 is 1. The number of carbonyl (C=O) groups excluding carboxylic acids is 2. The first-order valence-electron chi connectivity index (χ1n) is 9.47. The monoisotopic (exact) mass is 432 g/mol. The van der Waals surface area contributed by atoms with Crippen molar-refractivity contribution in [3.8, 4) is 5.75 Å². The number of ether oxygens (including phenoxy) is 2. The third-order valence-corrected chi connectivity index (χ3v) is 6.68. The summed E-state index contributed by atoms with van der Waals surface area (Å²) >= 11 is 0. The van der Waals surface area contributed by atoms with E-state index in [0.29, 0.717) is 30.0 Å². The summed E-state index contributed by atoms with van der Waals surface area (Å²) in [6, 6.07) is 11.4. The van der Waals surface area contributed by atoms with Gasteiger partial charge in [-0.2, -0.15) is 4.31 Å². The number of nitrogens with one attached hydrogen (secondary N) is 1. The van der Waals surface area contributed by atoms with E-state index in [1.165, 1.54) is 24.4 Å². The highest BCUT2D eigenvalue weighted by atomic mass is 32.2. The van der Waals surface area contributed by atoms with Crippen LogP contribution in [0.1, 0.15) is 22.8 Å². The van der Waals surface area contributed by atoms with Gasteiger partial charge in [-0.1, -0.05) is 18.2 Å². The molecule has 2 aromatic carbocycles. The molecule has 1 amide bonds. The smallest absolute Gasteiger partial charge is 0.246 e. The molecule has 2 aromatic rings. The lowest BCUT2D eigenvalue weighted by Crippen LogP contribution is -2.40. The first-order chi connectivity index (χ1) is 14.3. The zero-order valence-electron chi connectivity index (χ0n) is 16.9. The van der Waals surface area contributed by atoms with E-state index in [4.69, 9.17) is 9.47 Å². The van der Waals surface area contributed by atoms with E-state index in [1.807, 2.05) is 0 Å². The van der Waals surface area contributed by atoms with Crippen molar-refractivity contribution in [2.45, 2.75) is 18.2 Å². The van der Waals surface area contributed by atoms with Gasteiger partial charge in [-0.3, -0.25) is 9.59 Å². The average Bonchev–Trinajstić information content (AvgIpc) is 2.74. The second kappa shape index (κ2) is 9.38. The van der Waals surface area contributed by atoms with Crippen LogP contribution in [0, 0.1) is 0 Å². The summed E-state index contributed by atoms with van der Waals surface area (Å²) in [7, 11) is -2.39. The van der Waals surface area contributed by atoms with Gasteiger partial charge in [0.2, 0.25) is 15.9 Å². The van der Waals surface area contributed by atoms with Crippen molar-refractivity contribution in [1.82, 2.24) is 4.31 Å². The molecule has 0 atom stereocenters. The Morgan fingerprint density at radius 3 is 2.50 bits per heavy atom. The van der Waals surface area contributed by atoms with Crippen molar-refractivity contribution in [2.75, 3.05) is 38.7 Å². The number of sulfonamides is 1. The molecule has 1 fully saturated rings. The van der Waals surface area contributed by atoms with Crippen LogP contribution in [0.15, 0.2) is 47.4 Å². The van der Waals surface area contributed by atoms with Crippen LogP contribution in [-0.2, 0) is 26.0 Å².